The van der Waals surface area contributed by atoms with Crippen molar-refractivity contribution in [1.82, 2.24) is 0 Å². The van der Waals surface area contributed by atoms with Gasteiger partial charge in [0.05, 0.1) is 13.2 Å². The van der Waals surface area contributed by atoms with Gasteiger partial charge in [-0.1, -0.05) is 19.4 Å². The Bertz CT molecular complexity index is 460. The van der Waals surface area contributed by atoms with Crippen molar-refractivity contribution in [3.63, 3.8) is 0 Å². The molecule has 3 unspecified atom stereocenters. The summed E-state index contributed by atoms with van der Waals surface area (Å²) in [4.78, 5) is 0. The third-order valence-corrected chi connectivity index (χ3v) is 4.76. The Kier molecular flexibility index (Phi) is 4.16. The predicted molar refractivity (Wildman–Crippen MR) is 80.3 cm³/mol. The van der Waals surface area contributed by atoms with Crippen molar-refractivity contribution >= 4 is 0 Å². The van der Waals surface area contributed by atoms with E-state index in [-0.39, 0.29) is 0 Å². The van der Waals surface area contributed by atoms with Crippen molar-refractivity contribution < 1.29 is 9.47 Å². The minimum atomic E-state index is 0.570. The molecule has 110 valence electrons. The molecule has 0 bridgehead atoms. The van der Waals surface area contributed by atoms with Gasteiger partial charge in [0.25, 0.3) is 0 Å². The first kappa shape index (κ1) is 13.7. The summed E-state index contributed by atoms with van der Waals surface area (Å²) in [6, 6.07) is 6.47. The second kappa shape index (κ2) is 6.04. The SMILES string of the molecule is CC1CCC(CN)C(c2ccc3c(c2)OCCCO3)C1. The highest BCUT2D eigenvalue weighted by Crippen LogP contribution is 2.42. The van der Waals surface area contributed by atoms with Crippen molar-refractivity contribution in [3.8, 4) is 11.5 Å². The summed E-state index contributed by atoms with van der Waals surface area (Å²) in [5, 5.41) is 0. The summed E-state index contributed by atoms with van der Waals surface area (Å²) in [5.74, 6) is 3.77. The molecule has 1 saturated carbocycles. The molecule has 2 N–H and O–H groups in total. The summed E-state index contributed by atoms with van der Waals surface area (Å²) >= 11 is 0. The lowest BCUT2D eigenvalue weighted by Gasteiger charge is -2.34. The van der Waals surface area contributed by atoms with Gasteiger partial charge < -0.3 is 15.2 Å². The molecule has 1 aliphatic heterocycles. The van der Waals surface area contributed by atoms with Gasteiger partial charge >= 0.3 is 0 Å². The molecular formula is C17H25NO2. The summed E-state index contributed by atoms with van der Waals surface area (Å²) in [6.45, 7) is 4.63. The molecule has 0 spiro atoms. The first-order chi connectivity index (χ1) is 9.78. The Morgan fingerprint density at radius 3 is 2.75 bits per heavy atom. The van der Waals surface area contributed by atoms with Crippen LogP contribution < -0.4 is 15.2 Å². The van der Waals surface area contributed by atoms with Gasteiger partial charge in [0.15, 0.2) is 11.5 Å². The molecule has 1 aromatic carbocycles. The number of hydrogen-bond acceptors (Lipinski definition) is 3. The lowest BCUT2D eigenvalue weighted by Crippen LogP contribution is -2.28. The van der Waals surface area contributed by atoms with Gasteiger partial charge in [0, 0.05) is 6.42 Å². The second-order valence-electron chi connectivity index (χ2n) is 6.28. The van der Waals surface area contributed by atoms with Gasteiger partial charge in [-0.3, -0.25) is 0 Å². The maximum Gasteiger partial charge on any atom is 0.161 e. The molecule has 3 heteroatoms. The Hall–Kier alpha value is -1.22. The Morgan fingerprint density at radius 2 is 1.95 bits per heavy atom. The normalized spacial score (nSPS) is 29.8. The maximum absolute atomic E-state index is 5.98. The monoisotopic (exact) mass is 275 g/mol. The largest absolute Gasteiger partial charge is 0.490 e. The maximum atomic E-state index is 5.98. The Morgan fingerprint density at radius 1 is 1.15 bits per heavy atom. The van der Waals surface area contributed by atoms with E-state index in [4.69, 9.17) is 15.2 Å². The van der Waals surface area contributed by atoms with Crippen LogP contribution in [0, 0.1) is 11.8 Å². The van der Waals surface area contributed by atoms with E-state index in [0.29, 0.717) is 11.8 Å². The number of rotatable bonds is 2. The van der Waals surface area contributed by atoms with Gasteiger partial charge in [-0.15, -0.1) is 0 Å². The molecular weight excluding hydrogens is 250 g/mol. The average Bonchev–Trinajstić information content (AvgIpc) is 2.71. The van der Waals surface area contributed by atoms with E-state index in [9.17, 15) is 0 Å². The van der Waals surface area contributed by atoms with Gasteiger partial charge in [0.2, 0.25) is 0 Å². The van der Waals surface area contributed by atoms with E-state index in [2.05, 4.69) is 25.1 Å². The molecule has 0 aromatic heterocycles. The lowest BCUT2D eigenvalue weighted by molar-refractivity contribution is 0.252. The third kappa shape index (κ3) is 2.78. The van der Waals surface area contributed by atoms with Crippen LogP contribution >= 0.6 is 0 Å². The quantitative estimate of drug-likeness (QED) is 0.900. The van der Waals surface area contributed by atoms with Crippen LogP contribution in [0.5, 0.6) is 11.5 Å². The molecule has 1 aromatic rings. The molecule has 2 aliphatic rings. The minimum absolute atomic E-state index is 0.570. The van der Waals surface area contributed by atoms with Crippen molar-refractivity contribution in [2.75, 3.05) is 19.8 Å². The highest BCUT2D eigenvalue weighted by atomic mass is 16.5. The number of nitrogens with two attached hydrogens (primary N) is 1. The van der Waals surface area contributed by atoms with Crippen molar-refractivity contribution in [2.45, 2.75) is 38.5 Å². The van der Waals surface area contributed by atoms with E-state index in [0.717, 1.165) is 43.6 Å². The Labute approximate surface area is 121 Å². The van der Waals surface area contributed by atoms with E-state index in [1.165, 1.54) is 24.8 Å². The third-order valence-electron chi connectivity index (χ3n) is 4.76. The van der Waals surface area contributed by atoms with Crippen LogP contribution in [-0.4, -0.2) is 19.8 Å². The van der Waals surface area contributed by atoms with Gasteiger partial charge in [-0.05, 0) is 54.8 Å². The molecule has 3 atom stereocenters. The summed E-state index contributed by atoms with van der Waals surface area (Å²) in [6.07, 6.45) is 4.75. The molecule has 1 heterocycles. The van der Waals surface area contributed by atoms with E-state index in [1.807, 2.05) is 0 Å². The van der Waals surface area contributed by atoms with Crippen LogP contribution in [0.4, 0.5) is 0 Å². The Balaban J connectivity index is 1.86. The molecule has 1 fully saturated rings. The predicted octanol–water partition coefficient (Wildman–Crippen LogP) is 3.33. The van der Waals surface area contributed by atoms with E-state index >= 15 is 0 Å². The van der Waals surface area contributed by atoms with Crippen LogP contribution in [0.2, 0.25) is 0 Å². The molecule has 0 saturated heterocycles. The number of hydrogen-bond donors (Lipinski definition) is 1. The van der Waals surface area contributed by atoms with Crippen LogP contribution in [-0.2, 0) is 0 Å². The first-order valence-corrected chi connectivity index (χ1v) is 7.87. The first-order valence-electron chi connectivity index (χ1n) is 7.87. The zero-order valence-electron chi connectivity index (χ0n) is 12.3. The number of ether oxygens (including phenoxy) is 2. The van der Waals surface area contributed by atoms with Crippen LogP contribution in [0.15, 0.2) is 18.2 Å². The van der Waals surface area contributed by atoms with E-state index < -0.39 is 0 Å². The van der Waals surface area contributed by atoms with Crippen LogP contribution in [0.1, 0.15) is 44.1 Å². The van der Waals surface area contributed by atoms with Gasteiger partial charge in [0.1, 0.15) is 0 Å². The smallest absolute Gasteiger partial charge is 0.161 e. The van der Waals surface area contributed by atoms with Crippen LogP contribution in [0.3, 0.4) is 0 Å². The zero-order chi connectivity index (χ0) is 13.9. The van der Waals surface area contributed by atoms with Crippen molar-refractivity contribution in [2.24, 2.45) is 17.6 Å². The number of fused-ring (bicyclic) bond motifs is 1. The number of benzene rings is 1. The molecule has 20 heavy (non-hydrogen) atoms. The molecule has 3 nitrogen and oxygen atoms in total. The average molecular weight is 275 g/mol. The van der Waals surface area contributed by atoms with E-state index in [1.54, 1.807) is 0 Å². The van der Waals surface area contributed by atoms with Crippen molar-refractivity contribution in [3.05, 3.63) is 23.8 Å². The second-order valence-corrected chi connectivity index (χ2v) is 6.28. The van der Waals surface area contributed by atoms with Gasteiger partial charge in [-0.25, -0.2) is 0 Å². The van der Waals surface area contributed by atoms with Crippen LogP contribution in [0.25, 0.3) is 0 Å². The summed E-state index contributed by atoms with van der Waals surface area (Å²) in [7, 11) is 0. The molecule has 3 rings (SSSR count). The van der Waals surface area contributed by atoms with Crippen molar-refractivity contribution in [1.29, 1.82) is 0 Å². The standard InChI is InChI=1S/C17H25NO2/c1-12-3-4-14(11-18)15(9-12)13-5-6-16-17(10-13)20-8-2-7-19-16/h5-6,10,12,14-15H,2-4,7-9,11,18H2,1H3. The summed E-state index contributed by atoms with van der Waals surface area (Å²) in [5.41, 5.74) is 7.35. The summed E-state index contributed by atoms with van der Waals surface area (Å²) < 4.78 is 11.5. The lowest BCUT2D eigenvalue weighted by atomic mass is 9.71. The fourth-order valence-corrected chi connectivity index (χ4v) is 3.54. The molecule has 1 aliphatic carbocycles. The molecule has 0 radical (unpaired) electrons. The molecule has 0 amide bonds. The fraction of sp³-hybridized carbons (Fsp3) is 0.647. The van der Waals surface area contributed by atoms with Gasteiger partial charge in [-0.2, -0.15) is 0 Å². The topological polar surface area (TPSA) is 44.5 Å². The highest BCUT2D eigenvalue weighted by Gasteiger charge is 2.29. The zero-order valence-corrected chi connectivity index (χ0v) is 12.3. The minimum Gasteiger partial charge on any atom is -0.490 e. The highest BCUT2D eigenvalue weighted by molar-refractivity contribution is 5.44. The fourth-order valence-electron chi connectivity index (χ4n) is 3.54.